The SMILES string of the molecule is CC(C)(C)[Si](C)(C)OCCC[C@H](Cn1c(N)nc2ccccc21)OCc1ccccc1. The molecule has 0 spiro atoms. The van der Waals surface area contributed by atoms with E-state index in [2.05, 4.69) is 61.6 Å². The fourth-order valence-electron chi connectivity index (χ4n) is 3.36. The average molecular weight is 440 g/mol. The first kappa shape index (κ1) is 23.5. The van der Waals surface area contributed by atoms with Crippen LogP contribution in [0.5, 0.6) is 0 Å². The summed E-state index contributed by atoms with van der Waals surface area (Å²) in [6, 6.07) is 18.4. The number of nitrogens with two attached hydrogens (primary N) is 1. The lowest BCUT2D eigenvalue weighted by atomic mass is 10.2. The number of imidazole rings is 1. The van der Waals surface area contributed by atoms with E-state index >= 15 is 0 Å². The van der Waals surface area contributed by atoms with Gasteiger partial charge in [0.1, 0.15) is 0 Å². The molecule has 0 bridgehead atoms. The quantitative estimate of drug-likeness (QED) is 0.310. The standard InChI is InChI=1S/C25H37N3O2Si/c1-25(2,3)31(4,5)30-17-11-14-21(29-19-20-12-7-6-8-13-20)18-28-23-16-10-9-15-22(23)27-24(28)26/h6-10,12-13,15-16,21H,11,14,17-19H2,1-5H3,(H2,26,27)/t21-/m1/s1. The number of hydrogen-bond donors (Lipinski definition) is 1. The topological polar surface area (TPSA) is 62.3 Å². The lowest BCUT2D eigenvalue weighted by Gasteiger charge is -2.36. The van der Waals surface area contributed by atoms with Crippen molar-refractivity contribution in [1.82, 2.24) is 9.55 Å². The third-order valence-electron chi connectivity index (χ3n) is 6.34. The van der Waals surface area contributed by atoms with Crippen LogP contribution in [0.4, 0.5) is 5.95 Å². The van der Waals surface area contributed by atoms with Crippen molar-refractivity contribution in [2.75, 3.05) is 12.3 Å². The molecule has 0 unspecified atom stereocenters. The van der Waals surface area contributed by atoms with Gasteiger partial charge in [0.15, 0.2) is 8.32 Å². The van der Waals surface area contributed by atoms with Crippen molar-refractivity contribution in [3.63, 3.8) is 0 Å². The van der Waals surface area contributed by atoms with Crippen LogP contribution < -0.4 is 5.73 Å². The van der Waals surface area contributed by atoms with Crippen LogP contribution in [0.15, 0.2) is 54.6 Å². The van der Waals surface area contributed by atoms with Crippen molar-refractivity contribution in [3.05, 3.63) is 60.2 Å². The van der Waals surface area contributed by atoms with E-state index in [0.29, 0.717) is 19.1 Å². The maximum absolute atomic E-state index is 6.38. The van der Waals surface area contributed by atoms with E-state index in [4.69, 9.17) is 14.9 Å². The Kier molecular flexibility index (Phi) is 7.57. The van der Waals surface area contributed by atoms with Crippen molar-refractivity contribution in [2.24, 2.45) is 0 Å². The molecule has 0 radical (unpaired) electrons. The molecule has 2 N–H and O–H groups in total. The maximum Gasteiger partial charge on any atom is 0.201 e. The minimum atomic E-state index is -1.73. The number of hydrogen-bond acceptors (Lipinski definition) is 4. The van der Waals surface area contributed by atoms with Gasteiger partial charge in [-0.05, 0) is 48.7 Å². The lowest BCUT2D eigenvalue weighted by molar-refractivity contribution is 0.0210. The largest absolute Gasteiger partial charge is 0.417 e. The Morgan fingerprint density at radius 1 is 1.03 bits per heavy atom. The van der Waals surface area contributed by atoms with Gasteiger partial charge in [0.2, 0.25) is 5.95 Å². The molecule has 0 aliphatic heterocycles. The highest BCUT2D eigenvalue weighted by Crippen LogP contribution is 2.36. The molecule has 0 fully saturated rings. The van der Waals surface area contributed by atoms with Crippen molar-refractivity contribution in [3.8, 4) is 0 Å². The zero-order valence-corrected chi connectivity index (χ0v) is 20.6. The molecule has 0 aliphatic carbocycles. The Morgan fingerprint density at radius 2 is 1.71 bits per heavy atom. The molecule has 1 atom stereocenters. The summed E-state index contributed by atoms with van der Waals surface area (Å²) in [5.74, 6) is 0.534. The van der Waals surface area contributed by atoms with E-state index in [1.807, 2.05) is 36.4 Å². The number of nitrogens with zero attached hydrogens (tertiary/aromatic N) is 2. The molecule has 0 saturated heterocycles. The number of rotatable bonds is 10. The second kappa shape index (κ2) is 9.98. The van der Waals surface area contributed by atoms with Gasteiger partial charge in [0.05, 0.1) is 30.3 Å². The summed E-state index contributed by atoms with van der Waals surface area (Å²) in [4.78, 5) is 4.51. The summed E-state index contributed by atoms with van der Waals surface area (Å²) in [6.07, 6.45) is 1.90. The molecule has 0 amide bonds. The van der Waals surface area contributed by atoms with Gasteiger partial charge in [0, 0.05) is 6.61 Å². The van der Waals surface area contributed by atoms with E-state index in [1.54, 1.807) is 0 Å². The van der Waals surface area contributed by atoms with Crippen molar-refractivity contribution < 1.29 is 9.16 Å². The number of para-hydroxylation sites is 2. The number of aromatic nitrogens is 2. The molecule has 3 aromatic rings. The Labute approximate surface area is 187 Å². The van der Waals surface area contributed by atoms with Crippen molar-refractivity contribution in [2.45, 2.75) is 71.0 Å². The van der Waals surface area contributed by atoms with E-state index in [0.717, 1.165) is 30.5 Å². The zero-order valence-electron chi connectivity index (χ0n) is 19.6. The van der Waals surface area contributed by atoms with Crippen LogP contribution in [-0.2, 0) is 22.3 Å². The first-order valence-electron chi connectivity index (χ1n) is 11.2. The molecule has 0 saturated carbocycles. The molecule has 1 heterocycles. The first-order chi connectivity index (χ1) is 14.7. The second-order valence-electron chi connectivity index (χ2n) is 9.74. The highest BCUT2D eigenvalue weighted by molar-refractivity contribution is 6.74. The van der Waals surface area contributed by atoms with E-state index in [9.17, 15) is 0 Å². The maximum atomic E-state index is 6.38. The van der Waals surface area contributed by atoms with Crippen LogP contribution in [0.3, 0.4) is 0 Å². The van der Waals surface area contributed by atoms with Crippen LogP contribution in [0.1, 0.15) is 39.2 Å². The molecule has 31 heavy (non-hydrogen) atoms. The number of ether oxygens (including phenoxy) is 1. The molecule has 2 aromatic carbocycles. The smallest absolute Gasteiger partial charge is 0.201 e. The molecule has 0 aliphatic rings. The Morgan fingerprint density at radius 3 is 2.42 bits per heavy atom. The van der Waals surface area contributed by atoms with Crippen LogP contribution in [-0.4, -0.2) is 30.6 Å². The summed E-state index contributed by atoms with van der Waals surface area (Å²) < 4.78 is 14.8. The van der Waals surface area contributed by atoms with Gasteiger partial charge in [-0.25, -0.2) is 4.98 Å². The predicted molar refractivity (Wildman–Crippen MR) is 132 cm³/mol. The van der Waals surface area contributed by atoms with Crippen molar-refractivity contribution >= 4 is 25.3 Å². The van der Waals surface area contributed by atoms with E-state index < -0.39 is 8.32 Å². The average Bonchev–Trinajstić information content (AvgIpc) is 3.04. The molecular formula is C25H37N3O2Si. The van der Waals surface area contributed by atoms with Crippen LogP contribution in [0.2, 0.25) is 18.1 Å². The number of fused-ring (bicyclic) bond motifs is 1. The summed E-state index contributed by atoms with van der Waals surface area (Å²) in [7, 11) is -1.73. The zero-order chi connectivity index (χ0) is 22.5. The predicted octanol–water partition coefficient (Wildman–Crippen LogP) is 6.01. The monoisotopic (exact) mass is 439 g/mol. The molecule has 1 aromatic heterocycles. The van der Waals surface area contributed by atoms with Gasteiger partial charge < -0.3 is 19.5 Å². The Bertz CT molecular complexity index is 964. The van der Waals surface area contributed by atoms with Crippen molar-refractivity contribution in [1.29, 1.82) is 0 Å². The summed E-state index contributed by atoms with van der Waals surface area (Å²) in [5, 5.41) is 0.223. The normalized spacial score (nSPS) is 13.6. The second-order valence-corrected chi connectivity index (χ2v) is 14.5. The summed E-state index contributed by atoms with van der Waals surface area (Å²) in [6.45, 7) is 13.5. The third kappa shape index (κ3) is 6.18. The van der Waals surface area contributed by atoms with Gasteiger partial charge in [0.25, 0.3) is 0 Å². The Balaban J connectivity index is 1.66. The summed E-state index contributed by atoms with van der Waals surface area (Å²) >= 11 is 0. The highest BCUT2D eigenvalue weighted by Gasteiger charge is 2.36. The minimum absolute atomic E-state index is 0.0307. The fraction of sp³-hybridized carbons (Fsp3) is 0.480. The molecule has 6 heteroatoms. The van der Waals surface area contributed by atoms with Gasteiger partial charge in [-0.2, -0.15) is 0 Å². The van der Waals surface area contributed by atoms with Crippen LogP contribution in [0, 0.1) is 0 Å². The van der Waals surface area contributed by atoms with Gasteiger partial charge >= 0.3 is 0 Å². The molecule has 168 valence electrons. The molecule has 3 rings (SSSR count). The number of benzene rings is 2. The first-order valence-corrected chi connectivity index (χ1v) is 14.1. The van der Waals surface area contributed by atoms with Gasteiger partial charge in [-0.3, -0.25) is 0 Å². The minimum Gasteiger partial charge on any atom is -0.417 e. The van der Waals surface area contributed by atoms with Gasteiger partial charge in [-0.15, -0.1) is 0 Å². The molecular weight excluding hydrogens is 402 g/mol. The summed E-state index contributed by atoms with van der Waals surface area (Å²) in [5.41, 5.74) is 9.39. The number of nitrogen functional groups attached to an aromatic ring is 1. The third-order valence-corrected chi connectivity index (χ3v) is 10.9. The fourth-order valence-corrected chi connectivity index (χ4v) is 4.45. The van der Waals surface area contributed by atoms with Crippen LogP contribution in [0.25, 0.3) is 11.0 Å². The highest BCUT2D eigenvalue weighted by atomic mass is 28.4. The van der Waals surface area contributed by atoms with E-state index in [1.165, 1.54) is 5.56 Å². The Hall–Kier alpha value is -2.15. The van der Waals surface area contributed by atoms with Crippen LogP contribution >= 0.6 is 0 Å². The number of anilines is 1. The van der Waals surface area contributed by atoms with E-state index in [-0.39, 0.29) is 11.1 Å². The lowest BCUT2D eigenvalue weighted by Crippen LogP contribution is -2.41. The molecule has 5 nitrogen and oxygen atoms in total. The van der Waals surface area contributed by atoms with Gasteiger partial charge in [-0.1, -0.05) is 63.2 Å².